The molecule has 0 radical (unpaired) electrons. The topological polar surface area (TPSA) is 59.8 Å². The van der Waals surface area contributed by atoms with E-state index in [-0.39, 0.29) is 11.7 Å². The van der Waals surface area contributed by atoms with E-state index in [1.165, 1.54) is 24.6 Å². The lowest BCUT2D eigenvalue weighted by Crippen LogP contribution is -2.15. The number of halogens is 2. The first-order chi connectivity index (χ1) is 12.6. The number of rotatable bonds is 7. The van der Waals surface area contributed by atoms with Crippen molar-refractivity contribution >= 4 is 46.6 Å². The summed E-state index contributed by atoms with van der Waals surface area (Å²) in [7, 11) is 0. The zero-order chi connectivity index (χ0) is 18.5. The van der Waals surface area contributed by atoms with Gasteiger partial charge in [0.05, 0.1) is 16.5 Å². The smallest absolute Gasteiger partial charge is 0.234 e. The van der Waals surface area contributed by atoms with Gasteiger partial charge in [-0.1, -0.05) is 53.9 Å². The molecule has 2 aromatic rings. The van der Waals surface area contributed by atoms with Crippen molar-refractivity contribution in [2.24, 2.45) is 0 Å². The van der Waals surface area contributed by atoms with Crippen LogP contribution in [-0.4, -0.2) is 26.4 Å². The summed E-state index contributed by atoms with van der Waals surface area (Å²) < 4.78 is 2.07. The minimum Gasteiger partial charge on any atom is -0.324 e. The van der Waals surface area contributed by atoms with E-state index in [4.69, 9.17) is 23.2 Å². The van der Waals surface area contributed by atoms with E-state index in [1.54, 1.807) is 18.2 Å². The van der Waals surface area contributed by atoms with Gasteiger partial charge in [-0.15, -0.1) is 16.8 Å². The number of anilines is 1. The second-order valence-corrected chi connectivity index (χ2v) is 7.97. The molecule has 0 spiro atoms. The summed E-state index contributed by atoms with van der Waals surface area (Å²) in [6.45, 7) is 4.47. The predicted molar refractivity (Wildman–Crippen MR) is 107 cm³/mol. The van der Waals surface area contributed by atoms with E-state index >= 15 is 0 Å². The van der Waals surface area contributed by atoms with Gasteiger partial charge in [-0.3, -0.25) is 4.79 Å². The van der Waals surface area contributed by atoms with Gasteiger partial charge in [0.15, 0.2) is 5.16 Å². The number of amides is 1. The number of aromatic nitrogens is 3. The Hall–Kier alpha value is -1.50. The molecule has 0 unspecified atom stereocenters. The van der Waals surface area contributed by atoms with Crippen molar-refractivity contribution in [1.82, 2.24) is 14.8 Å². The summed E-state index contributed by atoms with van der Waals surface area (Å²) in [5.74, 6) is 1.53. The van der Waals surface area contributed by atoms with Crippen LogP contribution in [-0.2, 0) is 11.3 Å². The van der Waals surface area contributed by atoms with Crippen LogP contribution in [0.1, 0.15) is 37.4 Å². The van der Waals surface area contributed by atoms with Gasteiger partial charge in [0.1, 0.15) is 5.82 Å². The highest BCUT2D eigenvalue weighted by Crippen LogP contribution is 2.34. The molecule has 138 valence electrons. The molecule has 0 saturated heterocycles. The SMILES string of the molecule is C=CCn1c(SCC(=O)Nc2ccc(Cl)cc2Cl)nnc1C1CCCC1. The zero-order valence-electron chi connectivity index (χ0n) is 14.3. The molecule has 1 aromatic carbocycles. The van der Waals surface area contributed by atoms with Crippen molar-refractivity contribution in [2.45, 2.75) is 43.3 Å². The number of nitrogens with one attached hydrogen (secondary N) is 1. The lowest BCUT2D eigenvalue weighted by Gasteiger charge is -2.12. The molecule has 3 rings (SSSR count). The minimum absolute atomic E-state index is 0.158. The molecule has 26 heavy (non-hydrogen) atoms. The average molecular weight is 411 g/mol. The van der Waals surface area contributed by atoms with E-state index in [2.05, 4.69) is 26.7 Å². The van der Waals surface area contributed by atoms with Crippen LogP contribution >= 0.6 is 35.0 Å². The Balaban J connectivity index is 1.65. The fraction of sp³-hybridized carbons (Fsp3) is 0.389. The molecular weight excluding hydrogens is 391 g/mol. The Morgan fingerprint density at radius 2 is 2.12 bits per heavy atom. The second-order valence-electron chi connectivity index (χ2n) is 6.18. The zero-order valence-corrected chi connectivity index (χ0v) is 16.6. The molecule has 0 aliphatic heterocycles. The molecule has 1 saturated carbocycles. The van der Waals surface area contributed by atoms with E-state index in [1.807, 2.05) is 6.08 Å². The fourth-order valence-electron chi connectivity index (χ4n) is 3.10. The highest BCUT2D eigenvalue weighted by molar-refractivity contribution is 7.99. The highest BCUT2D eigenvalue weighted by Gasteiger charge is 2.24. The Morgan fingerprint density at radius 1 is 1.35 bits per heavy atom. The molecular formula is C18H20Cl2N4OS. The van der Waals surface area contributed by atoms with Gasteiger partial charge in [0.25, 0.3) is 0 Å². The number of thioether (sulfide) groups is 1. The van der Waals surface area contributed by atoms with Crippen LogP contribution in [0.3, 0.4) is 0 Å². The van der Waals surface area contributed by atoms with Gasteiger partial charge in [-0.05, 0) is 31.0 Å². The molecule has 1 aliphatic carbocycles. The third-order valence-corrected chi connectivity index (χ3v) is 5.83. The van der Waals surface area contributed by atoms with E-state index in [0.717, 1.165) is 23.8 Å². The quantitative estimate of drug-likeness (QED) is 0.505. The molecule has 8 heteroatoms. The maximum atomic E-state index is 12.3. The van der Waals surface area contributed by atoms with Crippen molar-refractivity contribution in [2.75, 3.05) is 11.1 Å². The first kappa shape index (κ1) is 19.3. The molecule has 1 fully saturated rings. The van der Waals surface area contributed by atoms with Gasteiger partial charge in [-0.25, -0.2) is 0 Å². The van der Waals surface area contributed by atoms with Crippen LogP contribution in [0.4, 0.5) is 5.69 Å². The number of carbonyl (C=O) groups is 1. The van der Waals surface area contributed by atoms with Crippen LogP contribution in [0.25, 0.3) is 0 Å². The predicted octanol–water partition coefficient (Wildman–Crippen LogP) is 5.16. The minimum atomic E-state index is -0.158. The largest absolute Gasteiger partial charge is 0.324 e. The molecule has 1 aliphatic rings. The molecule has 1 N–H and O–H groups in total. The second kappa shape index (κ2) is 8.93. The Labute approximate surface area is 167 Å². The molecule has 0 atom stereocenters. The molecule has 5 nitrogen and oxygen atoms in total. The standard InChI is InChI=1S/C18H20Cl2N4OS/c1-2-9-24-17(12-5-3-4-6-12)22-23-18(24)26-11-16(25)21-15-8-7-13(19)10-14(15)20/h2,7-8,10,12H,1,3-6,9,11H2,(H,21,25). The van der Waals surface area contributed by atoms with Crippen LogP contribution in [0.15, 0.2) is 36.0 Å². The number of allylic oxidation sites excluding steroid dienone is 1. The summed E-state index contributed by atoms with van der Waals surface area (Å²) in [6.07, 6.45) is 6.60. The van der Waals surface area contributed by atoms with Gasteiger partial charge in [0.2, 0.25) is 5.91 Å². The van der Waals surface area contributed by atoms with E-state index in [0.29, 0.717) is 28.2 Å². The number of nitrogens with zero attached hydrogens (tertiary/aromatic N) is 3. The Kier molecular flexibility index (Phi) is 6.62. The van der Waals surface area contributed by atoms with Crippen LogP contribution in [0.5, 0.6) is 0 Å². The van der Waals surface area contributed by atoms with Crippen molar-refractivity contribution < 1.29 is 4.79 Å². The van der Waals surface area contributed by atoms with Crippen molar-refractivity contribution in [3.05, 3.63) is 46.7 Å². The average Bonchev–Trinajstić information content (AvgIpc) is 3.26. The van der Waals surface area contributed by atoms with Gasteiger partial charge >= 0.3 is 0 Å². The third-order valence-electron chi connectivity index (χ3n) is 4.32. The maximum absolute atomic E-state index is 12.3. The summed E-state index contributed by atoms with van der Waals surface area (Å²) in [4.78, 5) is 12.3. The number of carbonyl (C=O) groups excluding carboxylic acids is 1. The van der Waals surface area contributed by atoms with E-state index < -0.39 is 0 Å². The van der Waals surface area contributed by atoms with E-state index in [9.17, 15) is 4.79 Å². The number of benzene rings is 1. The molecule has 0 bridgehead atoms. The molecule has 1 amide bonds. The van der Waals surface area contributed by atoms with Crippen LogP contribution < -0.4 is 5.32 Å². The summed E-state index contributed by atoms with van der Waals surface area (Å²) in [6, 6.07) is 4.97. The summed E-state index contributed by atoms with van der Waals surface area (Å²) >= 11 is 13.3. The summed E-state index contributed by atoms with van der Waals surface area (Å²) in [5, 5.41) is 13.1. The lowest BCUT2D eigenvalue weighted by atomic mass is 10.1. The Morgan fingerprint density at radius 3 is 2.81 bits per heavy atom. The van der Waals surface area contributed by atoms with Gasteiger partial charge < -0.3 is 9.88 Å². The van der Waals surface area contributed by atoms with Crippen molar-refractivity contribution in [3.63, 3.8) is 0 Å². The van der Waals surface area contributed by atoms with Crippen molar-refractivity contribution in [3.8, 4) is 0 Å². The molecule has 1 aromatic heterocycles. The number of hydrogen-bond donors (Lipinski definition) is 1. The Bertz CT molecular complexity index is 802. The first-order valence-corrected chi connectivity index (χ1v) is 10.2. The van der Waals surface area contributed by atoms with Crippen molar-refractivity contribution in [1.29, 1.82) is 0 Å². The van der Waals surface area contributed by atoms with Gasteiger partial charge in [-0.2, -0.15) is 0 Å². The summed E-state index contributed by atoms with van der Waals surface area (Å²) in [5.41, 5.74) is 0.542. The monoisotopic (exact) mass is 410 g/mol. The third kappa shape index (κ3) is 4.61. The lowest BCUT2D eigenvalue weighted by molar-refractivity contribution is -0.113. The van der Waals surface area contributed by atoms with Crippen LogP contribution in [0, 0.1) is 0 Å². The first-order valence-electron chi connectivity index (χ1n) is 8.50. The number of hydrogen-bond acceptors (Lipinski definition) is 4. The maximum Gasteiger partial charge on any atom is 0.234 e. The highest BCUT2D eigenvalue weighted by atomic mass is 35.5. The van der Waals surface area contributed by atoms with Crippen LogP contribution in [0.2, 0.25) is 10.0 Å². The fourth-order valence-corrected chi connectivity index (χ4v) is 4.31. The van der Waals surface area contributed by atoms with Gasteiger partial charge in [0, 0.05) is 17.5 Å². The molecule has 1 heterocycles. The normalized spacial score (nSPS) is 14.5.